The third-order valence-electron chi connectivity index (χ3n) is 2.79. The minimum absolute atomic E-state index is 0.00947. The summed E-state index contributed by atoms with van der Waals surface area (Å²) in [7, 11) is 1.45. The minimum atomic E-state index is -0.660. The Morgan fingerprint density at radius 2 is 1.76 bits per heavy atom. The van der Waals surface area contributed by atoms with E-state index in [1.807, 2.05) is 0 Å². The molecule has 3 N–H and O–H groups in total. The van der Waals surface area contributed by atoms with Crippen molar-refractivity contribution in [2.45, 2.75) is 6.61 Å². The first-order valence-electron chi connectivity index (χ1n) is 6.10. The summed E-state index contributed by atoms with van der Waals surface area (Å²) in [5.41, 5.74) is 6.25. The second kappa shape index (κ2) is 6.21. The number of rotatable bonds is 5. The molecule has 0 saturated carbocycles. The summed E-state index contributed by atoms with van der Waals surface area (Å²) in [6.45, 7) is -0.00947. The van der Waals surface area contributed by atoms with E-state index < -0.39 is 11.6 Å². The lowest BCUT2D eigenvalue weighted by molar-refractivity contribution is 0.283. The number of ether oxygens (including phenoxy) is 2. The van der Waals surface area contributed by atoms with Crippen LogP contribution in [0.1, 0.15) is 11.1 Å². The largest absolute Gasteiger partial charge is 0.493 e. The molecule has 0 aliphatic rings. The van der Waals surface area contributed by atoms with Crippen LogP contribution in [0, 0.1) is 17.0 Å². The van der Waals surface area contributed by atoms with Crippen molar-refractivity contribution < 1.29 is 18.3 Å². The van der Waals surface area contributed by atoms with E-state index >= 15 is 0 Å². The third-order valence-corrected chi connectivity index (χ3v) is 2.79. The monoisotopic (exact) mass is 292 g/mol. The van der Waals surface area contributed by atoms with Crippen molar-refractivity contribution >= 4 is 5.84 Å². The fraction of sp³-hybridized carbons (Fsp3) is 0.133. The Morgan fingerprint density at radius 1 is 1.10 bits per heavy atom. The van der Waals surface area contributed by atoms with Gasteiger partial charge in [0, 0.05) is 11.6 Å². The van der Waals surface area contributed by atoms with Gasteiger partial charge >= 0.3 is 0 Å². The molecule has 0 aromatic heterocycles. The average molecular weight is 292 g/mol. The van der Waals surface area contributed by atoms with Gasteiger partial charge in [0.1, 0.15) is 24.1 Å². The Kier molecular flexibility index (Phi) is 4.37. The molecular formula is C15H14F2N2O2. The van der Waals surface area contributed by atoms with Crippen LogP contribution in [0.3, 0.4) is 0 Å². The number of halogens is 2. The van der Waals surface area contributed by atoms with Crippen molar-refractivity contribution in [2.75, 3.05) is 7.11 Å². The van der Waals surface area contributed by atoms with Crippen LogP contribution in [0.5, 0.6) is 11.5 Å². The maximum absolute atomic E-state index is 13.1. The summed E-state index contributed by atoms with van der Waals surface area (Å²) < 4.78 is 36.8. The summed E-state index contributed by atoms with van der Waals surface area (Å²) >= 11 is 0. The van der Waals surface area contributed by atoms with Gasteiger partial charge in [0.2, 0.25) is 0 Å². The molecule has 0 spiro atoms. The quantitative estimate of drug-likeness (QED) is 0.657. The maximum Gasteiger partial charge on any atom is 0.161 e. The van der Waals surface area contributed by atoms with E-state index in [9.17, 15) is 8.78 Å². The number of amidine groups is 1. The van der Waals surface area contributed by atoms with Gasteiger partial charge in [-0.05, 0) is 35.9 Å². The number of hydrogen-bond donors (Lipinski definition) is 2. The normalized spacial score (nSPS) is 10.2. The molecule has 0 aliphatic heterocycles. The zero-order valence-electron chi connectivity index (χ0n) is 11.3. The Balaban J connectivity index is 2.17. The molecule has 2 aromatic rings. The second-order valence-electron chi connectivity index (χ2n) is 4.35. The van der Waals surface area contributed by atoms with Crippen LogP contribution in [0.4, 0.5) is 8.78 Å². The SMILES string of the molecule is COc1cc(C(=N)N)ccc1OCc1cc(F)cc(F)c1. The van der Waals surface area contributed by atoms with E-state index in [1.54, 1.807) is 18.2 Å². The molecule has 6 heteroatoms. The molecule has 0 amide bonds. The molecular weight excluding hydrogens is 278 g/mol. The number of nitrogen functional groups attached to an aromatic ring is 1. The first-order valence-corrected chi connectivity index (χ1v) is 6.10. The van der Waals surface area contributed by atoms with Gasteiger partial charge in [0.15, 0.2) is 11.5 Å². The molecule has 21 heavy (non-hydrogen) atoms. The van der Waals surface area contributed by atoms with E-state index in [0.29, 0.717) is 22.6 Å². The standard InChI is InChI=1S/C15H14F2N2O2/c1-20-14-6-10(15(18)19)2-3-13(14)21-8-9-4-11(16)7-12(17)5-9/h2-7H,8H2,1H3,(H3,18,19). The fourth-order valence-corrected chi connectivity index (χ4v) is 1.81. The highest BCUT2D eigenvalue weighted by Crippen LogP contribution is 2.28. The highest BCUT2D eigenvalue weighted by atomic mass is 19.1. The number of nitrogens with two attached hydrogens (primary N) is 1. The van der Waals surface area contributed by atoms with E-state index in [-0.39, 0.29) is 12.4 Å². The predicted molar refractivity (Wildman–Crippen MR) is 74.7 cm³/mol. The Bertz CT molecular complexity index is 654. The van der Waals surface area contributed by atoms with Crippen molar-refractivity contribution in [1.29, 1.82) is 5.41 Å². The summed E-state index contributed by atoms with van der Waals surface area (Å²) in [5, 5.41) is 7.36. The van der Waals surface area contributed by atoms with Gasteiger partial charge in [-0.25, -0.2) is 8.78 Å². The fourth-order valence-electron chi connectivity index (χ4n) is 1.81. The van der Waals surface area contributed by atoms with E-state index in [1.165, 1.54) is 19.2 Å². The first-order chi connectivity index (χ1) is 9.99. The summed E-state index contributed by atoms with van der Waals surface area (Å²) in [6, 6.07) is 7.94. The molecule has 110 valence electrons. The molecule has 4 nitrogen and oxygen atoms in total. The van der Waals surface area contributed by atoms with Crippen LogP contribution in [0.2, 0.25) is 0 Å². The van der Waals surface area contributed by atoms with Crippen molar-refractivity contribution in [3.8, 4) is 11.5 Å². The summed E-state index contributed by atoms with van der Waals surface area (Å²) in [5.74, 6) is -0.626. The van der Waals surface area contributed by atoms with Gasteiger partial charge in [-0.15, -0.1) is 0 Å². The van der Waals surface area contributed by atoms with Gasteiger partial charge < -0.3 is 15.2 Å². The van der Waals surface area contributed by atoms with Crippen molar-refractivity contribution in [2.24, 2.45) is 5.73 Å². The second-order valence-corrected chi connectivity index (χ2v) is 4.35. The summed E-state index contributed by atoms with van der Waals surface area (Å²) in [6.07, 6.45) is 0. The van der Waals surface area contributed by atoms with E-state index in [0.717, 1.165) is 6.07 Å². The Morgan fingerprint density at radius 3 is 2.33 bits per heavy atom. The number of methoxy groups -OCH3 is 1. The lowest BCUT2D eigenvalue weighted by Crippen LogP contribution is -2.11. The van der Waals surface area contributed by atoms with Gasteiger partial charge in [-0.3, -0.25) is 5.41 Å². The van der Waals surface area contributed by atoms with Crippen LogP contribution in [0.25, 0.3) is 0 Å². The van der Waals surface area contributed by atoms with Crippen LogP contribution < -0.4 is 15.2 Å². The van der Waals surface area contributed by atoms with E-state index in [2.05, 4.69) is 0 Å². The van der Waals surface area contributed by atoms with Gasteiger partial charge in [-0.2, -0.15) is 0 Å². The van der Waals surface area contributed by atoms with Crippen LogP contribution in [-0.2, 0) is 6.61 Å². The number of benzene rings is 2. The smallest absolute Gasteiger partial charge is 0.161 e. The predicted octanol–water partition coefficient (Wildman–Crippen LogP) is 2.84. The van der Waals surface area contributed by atoms with Gasteiger partial charge in [-0.1, -0.05) is 0 Å². The molecule has 2 aromatic carbocycles. The highest BCUT2D eigenvalue weighted by Gasteiger charge is 2.08. The van der Waals surface area contributed by atoms with Gasteiger partial charge in [0.25, 0.3) is 0 Å². The van der Waals surface area contributed by atoms with Crippen molar-refractivity contribution in [3.63, 3.8) is 0 Å². The molecule has 2 rings (SSSR count). The molecule has 0 heterocycles. The lowest BCUT2D eigenvalue weighted by Gasteiger charge is -2.12. The van der Waals surface area contributed by atoms with Crippen LogP contribution in [-0.4, -0.2) is 12.9 Å². The molecule has 0 bridgehead atoms. The van der Waals surface area contributed by atoms with Crippen LogP contribution >= 0.6 is 0 Å². The molecule has 0 fully saturated rings. The average Bonchev–Trinajstić information content (AvgIpc) is 2.43. The zero-order valence-corrected chi connectivity index (χ0v) is 11.3. The van der Waals surface area contributed by atoms with Crippen molar-refractivity contribution in [1.82, 2.24) is 0 Å². The molecule has 0 unspecified atom stereocenters. The Labute approximate surface area is 120 Å². The van der Waals surface area contributed by atoms with Crippen molar-refractivity contribution in [3.05, 3.63) is 59.2 Å². The summed E-state index contributed by atoms with van der Waals surface area (Å²) in [4.78, 5) is 0. The first kappa shape index (κ1) is 14.8. The third kappa shape index (κ3) is 3.68. The number of nitrogens with one attached hydrogen (secondary N) is 1. The molecule has 0 aliphatic carbocycles. The molecule has 0 saturated heterocycles. The minimum Gasteiger partial charge on any atom is -0.493 e. The Hall–Kier alpha value is -2.63. The molecule has 0 atom stereocenters. The van der Waals surface area contributed by atoms with Gasteiger partial charge in [0.05, 0.1) is 7.11 Å². The molecule has 0 radical (unpaired) electrons. The van der Waals surface area contributed by atoms with E-state index in [4.69, 9.17) is 20.6 Å². The number of hydrogen-bond acceptors (Lipinski definition) is 3. The lowest BCUT2D eigenvalue weighted by atomic mass is 10.2. The topological polar surface area (TPSA) is 68.3 Å². The van der Waals surface area contributed by atoms with Crippen LogP contribution in [0.15, 0.2) is 36.4 Å². The maximum atomic E-state index is 13.1. The highest BCUT2D eigenvalue weighted by molar-refractivity contribution is 5.95. The zero-order chi connectivity index (χ0) is 15.4.